The van der Waals surface area contributed by atoms with Gasteiger partial charge in [0, 0.05) is 12.2 Å². The first-order valence-corrected chi connectivity index (χ1v) is 6.64. The van der Waals surface area contributed by atoms with E-state index in [2.05, 4.69) is 42.6 Å². The molecular weight excluding hydrogens is 232 g/mol. The molecule has 0 unspecified atom stereocenters. The van der Waals surface area contributed by atoms with E-state index in [0.717, 1.165) is 23.2 Å². The lowest BCUT2D eigenvalue weighted by Crippen LogP contribution is -2.01. The van der Waals surface area contributed by atoms with Crippen molar-refractivity contribution in [2.45, 2.75) is 26.3 Å². The van der Waals surface area contributed by atoms with E-state index in [-0.39, 0.29) is 0 Å². The fourth-order valence-electron chi connectivity index (χ4n) is 2.06. The van der Waals surface area contributed by atoms with Crippen LogP contribution in [0.15, 0.2) is 48.5 Å². The lowest BCUT2D eigenvalue weighted by atomic mass is 10.1. The molecule has 2 nitrogen and oxygen atoms in total. The van der Waals surface area contributed by atoms with Crippen molar-refractivity contribution in [1.29, 1.82) is 5.26 Å². The largest absolute Gasteiger partial charge is 0.381 e. The molecule has 0 radical (unpaired) electrons. The molecule has 2 aromatic carbocycles. The van der Waals surface area contributed by atoms with Crippen LogP contribution in [0.4, 0.5) is 5.69 Å². The summed E-state index contributed by atoms with van der Waals surface area (Å²) in [7, 11) is 0. The highest BCUT2D eigenvalue weighted by atomic mass is 14.9. The Morgan fingerprint density at radius 2 is 1.79 bits per heavy atom. The third kappa shape index (κ3) is 3.59. The number of anilines is 1. The monoisotopic (exact) mass is 250 g/mol. The molecule has 96 valence electrons. The Kier molecular flexibility index (Phi) is 4.58. The Morgan fingerprint density at radius 1 is 1.05 bits per heavy atom. The molecule has 19 heavy (non-hydrogen) atoms. The van der Waals surface area contributed by atoms with Crippen LogP contribution < -0.4 is 5.32 Å². The van der Waals surface area contributed by atoms with Crippen LogP contribution in [0, 0.1) is 11.3 Å². The molecule has 2 rings (SSSR count). The summed E-state index contributed by atoms with van der Waals surface area (Å²) < 4.78 is 0. The molecule has 0 aromatic heterocycles. The SMILES string of the molecule is CCCc1ccc(NCc2ccccc2C#N)cc1. The summed E-state index contributed by atoms with van der Waals surface area (Å²) in [6.45, 7) is 2.86. The van der Waals surface area contributed by atoms with Gasteiger partial charge in [0.2, 0.25) is 0 Å². The minimum absolute atomic E-state index is 0.677. The second-order valence-corrected chi connectivity index (χ2v) is 4.57. The predicted octanol–water partition coefficient (Wildman–Crippen LogP) is 4.12. The molecule has 0 heterocycles. The van der Waals surface area contributed by atoms with E-state index in [1.165, 1.54) is 12.0 Å². The van der Waals surface area contributed by atoms with Crippen LogP contribution in [0.5, 0.6) is 0 Å². The Labute approximate surface area is 114 Å². The molecule has 1 N–H and O–H groups in total. The maximum atomic E-state index is 9.03. The summed E-state index contributed by atoms with van der Waals surface area (Å²) in [4.78, 5) is 0. The second kappa shape index (κ2) is 6.61. The van der Waals surface area contributed by atoms with Crippen LogP contribution in [0.1, 0.15) is 30.0 Å². The van der Waals surface area contributed by atoms with Crippen LogP contribution in [0.2, 0.25) is 0 Å². The fourth-order valence-corrected chi connectivity index (χ4v) is 2.06. The zero-order chi connectivity index (χ0) is 13.5. The predicted molar refractivity (Wildman–Crippen MR) is 78.9 cm³/mol. The number of nitrogens with zero attached hydrogens (tertiary/aromatic N) is 1. The molecule has 0 atom stereocenters. The maximum Gasteiger partial charge on any atom is 0.0995 e. The Bertz CT molecular complexity index is 565. The fraction of sp³-hybridized carbons (Fsp3) is 0.235. The Balaban J connectivity index is 2.00. The number of hydrogen-bond acceptors (Lipinski definition) is 2. The van der Waals surface area contributed by atoms with Gasteiger partial charge in [0.1, 0.15) is 0 Å². The van der Waals surface area contributed by atoms with Crippen molar-refractivity contribution in [3.8, 4) is 6.07 Å². The first-order valence-electron chi connectivity index (χ1n) is 6.64. The molecular formula is C17H18N2. The normalized spacial score (nSPS) is 9.89. The van der Waals surface area contributed by atoms with Crippen LogP contribution in [-0.2, 0) is 13.0 Å². The molecule has 0 bridgehead atoms. The first kappa shape index (κ1) is 13.2. The zero-order valence-corrected chi connectivity index (χ0v) is 11.2. The third-order valence-corrected chi connectivity index (χ3v) is 3.11. The molecule has 0 aliphatic heterocycles. The second-order valence-electron chi connectivity index (χ2n) is 4.57. The first-order chi connectivity index (χ1) is 9.33. The Morgan fingerprint density at radius 3 is 2.47 bits per heavy atom. The van der Waals surface area contributed by atoms with Gasteiger partial charge in [-0.15, -0.1) is 0 Å². The van der Waals surface area contributed by atoms with Gasteiger partial charge in [-0.3, -0.25) is 0 Å². The number of rotatable bonds is 5. The van der Waals surface area contributed by atoms with Gasteiger partial charge < -0.3 is 5.32 Å². The minimum Gasteiger partial charge on any atom is -0.381 e. The average molecular weight is 250 g/mol. The van der Waals surface area contributed by atoms with Gasteiger partial charge in [-0.25, -0.2) is 0 Å². The van der Waals surface area contributed by atoms with E-state index in [4.69, 9.17) is 5.26 Å². The average Bonchev–Trinajstić information content (AvgIpc) is 2.47. The van der Waals surface area contributed by atoms with Crippen molar-refractivity contribution in [2.24, 2.45) is 0 Å². The standard InChI is InChI=1S/C17H18N2/c1-2-5-14-8-10-17(11-9-14)19-13-16-7-4-3-6-15(16)12-18/h3-4,6-11,19H,2,5,13H2,1H3. The highest BCUT2D eigenvalue weighted by Gasteiger charge is 2.00. The molecule has 2 heteroatoms. The van der Waals surface area contributed by atoms with E-state index in [1.54, 1.807) is 0 Å². The zero-order valence-electron chi connectivity index (χ0n) is 11.2. The van der Waals surface area contributed by atoms with E-state index < -0.39 is 0 Å². The molecule has 0 fully saturated rings. The lowest BCUT2D eigenvalue weighted by molar-refractivity contribution is 0.922. The number of benzene rings is 2. The number of aryl methyl sites for hydroxylation is 1. The number of nitrogens with one attached hydrogen (secondary N) is 1. The highest BCUT2D eigenvalue weighted by Crippen LogP contribution is 2.14. The summed E-state index contributed by atoms with van der Waals surface area (Å²) in [5.41, 5.74) is 4.22. The van der Waals surface area contributed by atoms with Crippen LogP contribution in [0.3, 0.4) is 0 Å². The molecule has 2 aromatic rings. The summed E-state index contributed by atoms with van der Waals surface area (Å²) in [6.07, 6.45) is 2.29. The van der Waals surface area contributed by atoms with Crippen LogP contribution in [-0.4, -0.2) is 0 Å². The van der Waals surface area contributed by atoms with Gasteiger partial charge in [-0.1, -0.05) is 43.7 Å². The van der Waals surface area contributed by atoms with Gasteiger partial charge in [-0.05, 0) is 35.7 Å². The maximum absolute atomic E-state index is 9.03. The number of nitriles is 1. The molecule has 0 saturated heterocycles. The quantitative estimate of drug-likeness (QED) is 0.866. The van der Waals surface area contributed by atoms with Crippen LogP contribution in [0.25, 0.3) is 0 Å². The Hall–Kier alpha value is -2.27. The van der Waals surface area contributed by atoms with Gasteiger partial charge in [-0.2, -0.15) is 5.26 Å². The molecule has 0 aliphatic carbocycles. The van der Waals surface area contributed by atoms with Gasteiger partial charge in [0.25, 0.3) is 0 Å². The number of hydrogen-bond donors (Lipinski definition) is 1. The summed E-state index contributed by atoms with van der Waals surface area (Å²) in [5, 5.41) is 12.4. The van der Waals surface area contributed by atoms with Gasteiger partial charge in [0.15, 0.2) is 0 Å². The van der Waals surface area contributed by atoms with Crippen molar-refractivity contribution in [3.05, 3.63) is 65.2 Å². The van der Waals surface area contributed by atoms with Crippen LogP contribution >= 0.6 is 0 Å². The van der Waals surface area contributed by atoms with Gasteiger partial charge in [0.05, 0.1) is 11.6 Å². The van der Waals surface area contributed by atoms with E-state index in [0.29, 0.717) is 6.54 Å². The van der Waals surface area contributed by atoms with Crippen molar-refractivity contribution in [1.82, 2.24) is 0 Å². The van der Waals surface area contributed by atoms with Crippen molar-refractivity contribution in [3.63, 3.8) is 0 Å². The molecule has 0 aliphatic rings. The van der Waals surface area contributed by atoms with Crippen molar-refractivity contribution < 1.29 is 0 Å². The topological polar surface area (TPSA) is 35.8 Å². The van der Waals surface area contributed by atoms with Crippen molar-refractivity contribution >= 4 is 5.69 Å². The van der Waals surface area contributed by atoms with Crippen molar-refractivity contribution in [2.75, 3.05) is 5.32 Å². The van der Waals surface area contributed by atoms with E-state index >= 15 is 0 Å². The lowest BCUT2D eigenvalue weighted by Gasteiger charge is -2.08. The highest BCUT2D eigenvalue weighted by molar-refractivity contribution is 5.47. The summed E-state index contributed by atoms with van der Waals surface area (Å²) in [6, 6.07) is 18.4. The van der Waals surface area contributed by atoms with E-state index in [1.807, 2.05) is 24.3 Å². The summed E-state index contributed by atoms with van der Waals surface area (Å²) >= 11 is 0. The van der Waals surface area contributed by atoms with E-state index in [9.17, 15) is 0 Å². The third-order valence-electron chi connectivity index (χ3n) is 3.11. The minimum atomic E-state index is 0.677. The van der Waals surface area contributed by atoms with Gasteiger partial charge >= 0.3 is 0 Å². The smallest absolute Gasteiger partial charge is 0.0995 e. The molecule has 0 saturated carbocycles. The summed E-state index contributed by atoms with van der Waals surface area (Å²) in [5.74, 6) is 0. The molecule has 0 amide bonds. The molecule has 0 spiro atoms.